The summed E-state index contributed by atoms with van der Waals surface area (Å²) in [5.74, 6) is 1.19. The van der Waals surface area contributed by atoms with Crippen LogP contribution in [0.15, 0.2) is 53.6 Å². The Labute approximate surface area is 181 Å². The van der Waals surface area contributed by atoms with Crippen LogP contribution in [0.3, 0.4) is 0 Å². The normalized spacial score (nSPS) is 20.2. The number of benzene rings is 1. The Morgan fingerprint density at radius 1 is 1.23 bits per heavy atom. The van der Waals surface area contributed by atoms with Crippen LogP contribution in [-0.2, 0) is 4.74 Å². The van der Waals surface area contributed by atoms with Crippen molar-refractivity contribution in [1.29, 1.82) is 0 Å². The van der Waals surface area contributed by atoms with Gasteiger partial charge in [-0.1, -0.05) is 5.73 Å². The molecule has 31 heavy (non-hydrogen) atoms. The number of fused-ring (bicyclic) bond motifs is 1. The number of allylic oxidation sites excluding steroid dienone is 3. The molecule has 2 heterocycles. The van der Waals surface area contributed by atoms with Gasteiger partial charge in [-0.3, -0.25) is 0 Å². The first-order valence-electron chi connectivity index (χ1n) is 10.4. The molecule has 0 spiro atoms. The number of methoxy groups -OCH3 is 1. The first-order valence-corrected chi connectivity index (χ1v) is 10.4. The van der Waals surface area contributed by atoms with E-state index in [1.807, 2.05) is 43.5 Å². The Kier molecular flexibility index (Phi) is 6.42. The Bertz CT molecular complexity index is 1100. The second-order valence-corrected chi connectivity index (χ2v) is 7.64. The molecule has 0 saturated carbocycles. The van der Waals surface area contributed by atoms with Crippen molar-refractivity contribution in [3.8, 4) is 5.75 Å². The van der Waals surface area contributed by atoms with Crippen LogP contribution < -0.4 is 15.0 Å². The van der Waals surface area contributed by atoms with Crippen molar-refractivity contribution in [1.82, 2.24) is 10.3 Å². The number of nitrogens with one attached hydrogen (secondary N) is 1. The molecular formula is C24H27N3O4. The van der Waals surface area contributed by atoms with E-state index in [1.165, 1.54) is 0 Å². The molecule has 3 N–H and O–H groups in total. The molecule has 7 nitrogen and oxygen atoms in total. The number of hydrogen-bond donors (Lipinski definition) is 3. The van der Waals surface area contributed by atoms with Gasteiger partial charge in [-0.2, -0.15) is 0 Å². The quantitative estimate of drug-likeness (QED) is 0.443. The number of pyridine rings is 1. The number of likely N-dealkylation sites (N-methyl/N-ethyl adjacent to an activating group) is 1. The highest BCUT2D eigenvalue weighted by Crippen LogP contribution is 2.34. The van der Waals surface area contributed by atoms with E-state index in [9.17, 15) is 10.2 Å². The third-order valence-corrected chi connectivity index (χ3v) is 5.58. The SMILES string of the molecule is CNCCOC1=C=C=C(c2cc(N3CC(O)C(CO)C3)c3ccc(OC)cc3n2)C=C1. The number of hydrogen-bond acceptors (Lipinski definition) is 7. The topological polar surface area (TPSA) is 87.1 Å². The Hall–Kier alpha value is -3.05. The second-order valence-electron chi connectivity index (χ2n) is 7.64. The summed E-state index contributed by atoms with van der Waals surface area (Å²) >= 11 is 0. The van der Waals surface area contributed by atoms with E-state index < -0.39 is 6.10 Å². The predicted octanol–water partition coefficient (Wildman–Crippen LogP) is 1.86. The van der Waals surface area contributed by atoms with Crippen LogP contribution in [0, 0.1) is 5.92 Å². The molecule has 2 aliphatic rings. The Morgan fingerprint density at radius 2 is 2.10 bits per heavy atom. The predicted molar refractivity (Wildman–Crippen MR) is 120 cm³/mol. The van der Waals surface area contributed by atoms with Gasteiger partial charge in [0.2, 0.25) is 0 Å². The number of aromatic nitrogens is 1. The number of rotatable bonds is 8. The van der Waals surface area contributed by atoms with Gasteiger partial charge in [-0.15, -0.1) is 0 Å². The number of aliphatic hydroxyl groups is 2. The average Bonchev–Trinajstić information content (AvgIpc) is 3.19. The molecule has 1 fully saturated rings. The fraction of sp³-hybridized carbons (Fsp3) is 0.375. The standard InChI is InChI=1S/C24H27N3O4/c1-25-9-10-31-18-5-3-16(4-6-18)21-12-23(27-13-17(15-28)24(29)14-27)20-8-7-19(30-2)11-22(20)26-21/h3,5,7-8,11-12,17,24-25,28-29H,9-10,13-15H2,1-2H3. The van der Waals surface area contributed by atoms with Crippen LogP contribution >= 0.6 is 0 Å². The Morgan fingerprint density at radius 3 is 2.77 bits per heavy atom. The number of aliphatic hydroxyl groups excluding tert-OH is 2. The maximum atomic E-state index is 10.3. The molecule has 1 aliphatic carbocycles. The van der Waals surface area contributed by atoms with Crippen LogP contribution in [0.5, 0.6) is 5.75 Å². The van der Waals surface area contributed by atoms with E-state index in [0.29, 0.717) is 25.5 Å². The first-order chi connectivity index (χ1) is 15.1. The summed E-state index contributed by atoms with van der Waals surface area (Å²) in [6.45, 7) is 2.31. The van der Waals surface area contributed by atoms with Crippen LogP contribution in [0.4, 0.5) is 5.69 Å². The number of ether oxygens (including phenoxy) is 2. The zero-order valence-corrected chi connectivity index (χ0v) is 17.8. The average molecular weight is 421 g/mol. The first kappa shape index (κ1) is 21.2. The fourth-order valence-corrected chi connectivity index (χ4v) is 3.81. The fourth-order valence-electron chi connectivity index (χ4n) is 3.81. The molecule has 0 amide bonds. The zero-order valence-electron chi connectivity index (χ0n) is 17.8. The number of anilines is 1. The monoisotopic (exact) mass is 421 g/mol. The summed E-state index contributed by atoms with van der Waals surface area (Å²) in [5, 5.41) is 23.9. The lowest BCUT2D eigenvalue weighted by Gasteiger charge is -2.21. The van der Waals surface area contributed by atoms with E-state index in [2.05, 4.69) is 21.7 Å². The summed E-state index contributed by atoms with van der Waals surface area (Å²) in [6, 6.07) is 7.79. The molecule has 2 aromatic rings. The van der Waals surface area contributed by atoms with E-state index in [-0.39, 0.29) is 12.5 Å². The molecule has 4 rings (SSSR count). The minimum Gasteiger partial charge on any atom is -0.497 e. The Balaban J connectivity index is 1.76. The maximum absolute atomic E-state index is 10.3. The van der Waals surface area contributed by atoms with Crippen molar-refractivity contribution < 1.29 is 19.7 Å². The van der Waals surface area contributed by atoms with Crippen LogP contribution in [0.25, 0.3) is 16.5 Å². The maximum Gasteiger partial charge on any atom is 0.170 e. The molecule has 2 unspecified atom stereocenters. The number of β-amino-alcohol motifs (C(OH)–C–C–N with tert-alkyl or cyclic N) is 1. The van der Waals surface area contributed by atoms with Crippen molar-refractivity contribution in [2.45, 2.75) is 6.10 Å². The van der Waals surface area contributed by atoms with Crippen molar-refractivity contribution in [2.75, 3.05) is 51.9 Å². The van der Waals surface area contributed by atoms with Gasteiger partial charge in [0.15, 0.2) is 5.76 Å². The molecule has 7 heteroatoms. The molecule has 1 aromatic heterocycles. The minimum atomic E-state index is -0.566. The third kappa shape index (κ3) is 4.52. The van der Waals surface area contributed by atoms with Gasteiger partial charge in [0.05, 0.1) is 36.6 Å². The van der Waals surface area contributed by atoms with Crippen LogP contribution in [0.1, 0.15) is 5.69 Å². The van der Waals surface area contributed by atoms with Crippen molar-refractivity contribution >= 4 is 22.2 Å². The van der Waals surface area contributed by atoms with Gasteiger partial charge in [0.25, 0.3) is 0 Å². The van der Waals surface area contributed by atoms with Gasteiger partial charge in [0, 0.05) is 42.7 Å². The molecule has 0 radical (unpaired) electrons. The summed E-state index contributed by atoms with van der Waals surface area (Å²) in [4.78, 5) is 6.93. The molecule has 0 bridgehead atoms. The summed E-state index contributed by atoms with van der Waals surface area (Å²) in [7, 11) is 3.51. The largest absolute Gasteiger partial charge is 0.497 e. The lowest BCUT2D eigenvalue weighted by Crippen LogP contribution is -2.21. The molecule has 1 aliphatic heterocycles. The number of nitrogens with zero attached hydrogens (tertiary/aromatic N) is 2. The van der Waals surface area contributed by atoms with Gasteiger partial charge in [0.1, 0.15) is 12.4 Å². The van der Waals surface area contributed by atoms with Gasteiger partial charge in [-0.05, 0) is 43.1 Å². The van der Waals surface area contributed by atoms with Crippen molar-refractivity contribution in [3.63, 3.8) is 0 Å². The molecular weight excluding hydrogens is 394 g/mol. The lowest BCUT2D eigenvalue weighted by molar-refractivity contribution is 0.104. The highest BCUT2D eigenvalue weighted by atomic mass is 16.5. The smallest absolute Gasteiger partial charge is 0.170 e. The summed E-state index contributed by atoms with van der Waals surface area (Å²) in [5.41, 5.74) is 9.49. The van der Waals surface area contributed by atoms with Gasteiger partial charge >= 0.3 is 0 Å². The summed E-state index contributed by atoms with van der Waals surface area (Å²) in [6.07, 6.45) is 3.21. The van der Waals surface area contributed by atoms with Gasteiger partial charge < -0.3 is 29.9 Å². The van der Waals surface area contributed by atoms with E-state index in [1.54, 1.807) is 7.11 Å². The van der Waals surface area contributed by atoms with E-state index >= 15 is 0 Å². The molecule has 2 atom stereocenters. The second kappa shape index (κ2) is 9.40. The zero-order chi connectivity index (χ0) is 21.8. The third-order valence-electron chi connectivity index (χ3n) is 5.58. The van der Waals surface area contributed by atoms with Crippen molar-refractivity contribution in [3.05, 3.63) is 59.3 Å². The molecule has 1 saturated heterocycles. The highest BCUT2D eigenvalue weighted by Gasteiger charge is 2.32. The summed E-state index contributed by atoms with van der Waals surface area (Å²) < 4.78 is 11.0. The van der Waals surface area contributed by atoms with Crippen LogP contribution in [0.2, 0.25) is 0 Å². The van der Waals surface area contributed by atoms with Gasteiger partial charge in [-0.25, -0.2) is 4.98 Å². The molecule has 1 aromatic carbocycles. The highest BCUT2D eigenvalue weighted by molar-refractivity contribution is 5.95. The van der Waals surface area contributed by atoms with Crippen LogP contribution in [-0.4, -0.2) is 68.3 Å². The lowest BCUT2D eigenvalue weighted by atomic mass is 10.1. The minimum absolute atomic E-state index is 0.0425. The molecule has 162 valence electrons. The van der Waals surface area contributed by atoms with Crippen molar-refractivity contribution in [2.24, 2.45) is 5.92 Å². The van der Waals surface area contributed by atoms with E-state index in [4.69, 9.17) is 14.5 Å². The van der Waals surface area contributed by atoms with E-state index in [0.717, 1.165) is 40.2 Å².